The molecule has 6 nitrogen and oxygen atoms in total. The summed E-state index contributed by atoms with van der Waals surface area (Å²) in [5.41, 5.74) is 9.92. The third kappa shape index (κ3) is 3.41. The Morgan fingerprint density at radius 2 is 2.21 bits per heavy atom. The predicted molar refractivity (Wildman–Crippen MR) is 109 cm³/mol. The van der Waals surface area contributed by atoms with E-state index >= 15 is 0 Å². The quantitative estimate of drug-likeness (QED) is 0.680. The zero-order valence-corrected chi connectivity index (χ0v) is 16.2. The van der Waals surface area contributed by atoms with Gasteiger partial charge >= 0.3 is 0 Å². The van der Waals surface area contributed by atoms with Gasteiger partial charge in [-0.05, 0) is 37.1 Å². The van der Waals surface area contributed by atoms with E-state index in [2.05, 4.69) is 9.83 Å². The maximum absolute atomic E-state index is 13.9. The number of rotatable bonds is 3. The number of hydrogen-bond acceptors (Lipinski definition) is 4. The molecule has 1 aliphatic rings. The van der Waals surface area contributed by atoms with Crippen molar-refractivity contribution in [3.05, 3.63) is 58.2 Å². The molecule has 0 radical (unpaired) electrons. The van der Waals surface area contributed by atoms with Gasteiger partial charge in [-0.2, -0.15) is 0 Å². The number of halogens is 2. The highest BCUT2D eigenvalue weighted by Crippen LogP contribution is 2.30. The number of aryl methyl sites for hydroxylation is 1. The standard InChI is InChI=1S/C20H20ClFN6/c1-12-7-18-19(8-15(12)21)28(10-14-4-3-13(24-2)9-25-14)20(26-18)27-6-5-16(22)17(23)11-27/h3-4,7-9,16-17H,5-6,10-11,23H2,1H3/t16-,17-/m1/s1. The number of fused-ring (bicyclic) bond motifs is 1. The SMILES string of the molecule is [C-]#[N+]c1ccc(Cn2c(N3CC[C@@H](F)[C@H](N)C3)nc3cc(C)c(Cl)cc32)nc1. The molecule has 0 spiro atoms. The average molecular weight is 399 g/mol. The Balaban J connectivity index is 1.79. The van der Waals surface area contributed by atoms with Gasteiger partial charge in [0, 0.05) is 24.3 Å². The summed E-state index contributed by atoms with van der Waals surface area (Å²) in [7, 11) is 0. The maximum atomic E-state index is 13.9. The topological polar surface area (TPSA) is 64.3 Å². The molecule has 4 rings (SSSR count). The van der Waals surface area contributed by atoms with Crippen molar-refractivity contribution in [3.63, 3.8) is 0 Å². The van der Waals surface area contributed by atoms with E-state index in [1.165, 1.54) is 0 Å². The molecule has 2 N–H and O–H groups in total. The zero-order valence-electron chi connectivity index (χ0n) is 15.4. The molecule has 3 aromatic rings. The molecule has 8 heteroatoms. The number of alkyl halides is 1. The van der Waals surface area contributed by atoms with Crippen LogP contribution in [0.15, 0.2) is 30.5 Å². The van der Waals surface area contributed by atoms with Crippen molar-refractivity contribution in [2.45, 2.75) is 32.1 Å². The van der Waals surface area contributed by atoms with Gasteiger partial charge in [-0.15, -0.1) is 0 Å². The van der Waals surface area contributed by atoms with E-state index in [1.54, 1.807) is 12.3 Å². The number of aromatic nitrogens is 3. The van der Waals surface area contributed by atoms with Crippen LogP contribution < -0.4 is 10.6 Å². The molecular weight excluding hydrogens is 379 g/mol. The Morgan fingerprint density at radius 1 is 1.39 bits per heavy atom. The van der Waals surface area contributed by atoms with Crippen LogP contribution in [0.2, 0.25) is 5.02 Å². The first-order valence-electron chi connectivity index (χ1n) is 9.09. The lowest BCUT2D eigenvalue weighted by Crippen LogP contribution is -2.50. The van der Waals surface area contributed by atoms with Crippen molar-refractivity contribution < 1.29 is 4.39 Å². The first-order chi connectivity index (χ1) is 13.5. The van der Waals surface area contributed by atoms with E-state index in [0.717, 1.165) is 28.2 Å². The van der Waals surface area contributed by atoms with E-state index in [1.807, 2.05) is 34.6 Å². The summed E-state index contributed by atoms with van der Waals surface area (Å²) in [5.74, 6) is 0.732. The first kappa shape index (κ1) is 18.7. The summed E-state index contributed by atoms with van der Waals surface area (Å²) in [4.78, 5) is 14.6. The second-order valence-electron chi connectivity index (χ2n) is 7.12. The summed E-state index contributed by atoms with van der Waals surface area (Å²) in [5, 5.41) is 0.663. The molecular formula is C20H20ClFN6. The van der Waals surface area contributed by atoms with Crippen LogP contribution in [-0.4, -0.2) is 39.8 Å². The van der Waals surface area contributed by atoms with Gasteiger partial charge in [0.05, 0.1) is 35.9 Å². The summed E-state index contributed by atoms with van der Waals surface area (Å²) >= 11 is 6.37. The van der Waals surface area contributed by atoms with Crippen molar-refractivity contribution >= 4 is 34.3 Å². The molecule has 144 valence electrons. The second kappa shape index (κ2) is 7.38. The highest BCUT2D eigenvalue weighted by atomic mass is 35.5. The number of piperidine rings is 1. The van der Waals surface area contributed by atoms with Crippen LogP contribution in [0.5, 0.6) is 0 Å². The highest BCUT2D eigenvalue weighted by molar-refractivity contribution is 6.32. The fourth-order valence-electron chi connectivity index (χ4n) is 3.51. The largest absolute Gasteiger partial charge is 0.340 e. The van der Waals surface area contributed by atoms with Crippen LogP contribution in [0.25, 0.3) is 15.9 Å². The number of nitrogens with two attached hydrogens (primary N) is 1. The molecule has 3 heterocycles. The normalized spacial score (nSPS) is 19.8. The lowest BCUT2D eigenvalue weighted by Gasteiger charge is -2.34. The minimum Gasteiger partial charge on any atom is -0.340 e. The van der Waals surface area contributed by atoms with E-state index in [-0.39, 0.29) is 0 Å². The van der Waals surface area contributed by atoms with Crippen LogP contribution >= 0.6 is 11.6 Å². The molecule has 1 aliphatic heterocycles. The summed E-state index contributed by atoms with van der Waals surface area (Å²) in [6.45, 7) is 10.4. The predicted octanol–water partition coefficient (Wildman–Crippen LogP) is 3.87. The minimum atomic E-state index is -0.992. The van der Waals surface area contributed by atoms with Crippen molar-refractivity contribution in [3.8, 4) is 0 Å². The number of hydrogen-bond donors (Lipinski definition) is 1. The Bertz CT molecular complexity index is 1060. The number of nitrogens with zero attached hydrogens (tertiary/aromatic N) is 5. The molecule has 2 atom stereocenters. The van der Waals surface area contributed by atoms with Crippen LogP contribution in [0.1, 0.15) is 17.7 Å². The number of anilines is 1. The van der Waals surface area contributed by atoms with Gasteiger partial charge in [0.25, 0.3) is 0 Å². The number of benzene rings is 1. The lowest BCUT2D eigenvalue weighted by atomic mass is 10.1. The van der Waals surface area contributed by atoms with E-state index in [0.29, 0.717) is 36.8 Å². The smallest absolute Gasteiger partial charge is 0.206 e. The summed E-state index contributed by atoms with van der Waals surface area (Å²) in [6, 6.07) is 6.89. The van der Waals surface area contributed by atoms with Gasteiger partial charge in [-0.25, -0.2) is 14.2 Å². The molecule has 0 amide bonds. The third-order valence-electron chi connectivity index (χ3n) is 5.12. The fourth-order valence-corrected chi connectivity index (χ4v) is 3.67. The van der Waals surface area contributed by atoms with Gasteiger partial charge < -0.3 is 15.2 Å². The zero-order chi connectivity index (χ0) is 19.8. The van der Waals surface area contributed by atoms with E-state index in [4.69, 9.17) is 28.9 Å². The number of imidazole rings is 1. The monoisotopic (exact) mass is 398 g/mol. The molecule has 1 aromatic carbocycles. The second-order valence-corrected chi connectivity index (χ2v) is 7.53. The van der Waals surface area contributed by atoms with Crippen LogP contribution in [0.4, 0.5) is 16.0 Å². The Morgan fingerprint density at radius 3 is 2.89 bits per heavy atom. The van der Waals surface area contributed by atoms with Gasteiger partial charge in [0.2, 0.25) is 11.6 Å². The molecule has 0 saturated carbocycles. The maximum Gasteiger partial charge on any atom is 0.206 e. The van der Waals surface area contributed by atoms with Gasteiger partial charge in [0.15, 0.2) is 0 Å². The van der Waals surface area contributed by atoms with Gasteiger partial charge in [-0.3, -0.25) is 4.98 Å². The van der Waals surface area contributed by atoms with E-state index in [9.17, 15) is 4.39 Å². The highest BCUT2D eigenvalue weighted by Gasteiger charge is 2.29. The van der Waals surface area contributed by atoms with Crippen LogP contribution in [0, 0.1) is 13.5 Å². The lowest BCUT2D eigenvalue weighted by molar-refractivity contribution is 0.243. The van der Waals surface area contributed by atoms with Gasteiger partial charge in [0.1, 0.15) is 6.17 Å². The Hall–Kier alpha value is -2.69. The van der Waals surface area contributed by atoms with Crippen LogP contribution in [-0.2, 0) is 6.54 Å². The summed E-state index contributed by atoms with van der Waals surface area (Å²) < 4.78 is 15.9. The minimum absolute atomic E-state index is 0.377. The van der Waals surface area contributed by atoms with Crippen LogP contribution in [0.3, 0.4) is 0 Å². The van der Waals surface area contributed by atoms with Crippen molar-refractivity contribution in [1.82, 2.24) is 14.5 Å². The molecule has 2 aromatic heterocycles. The number of pyridine rings is 1. The van der Waals surface area contributed by atoms with Crippen molar-refractivity contribution in [2.75, 3.05) is 18.0 Å². The van der Waals surface area contributed by atoms with E-state index < -0.39 is 12.2 Å². The van der Waals surface area contributed by atoms with Crippen molar-refractivity contribution in [2.24, 2.45) is 5.73 Å². The van der Waals surface area contributed by atoms with Gasteiger partial charge in [-0.1, -0.05) is 17.7 Å². The first-order valence-corrected chi connectivity index (χ1v) is 9.47. The summed E-state index contributed by atoms with van der Waals surface area (Å²) in [6.07, 6.45) is 0.943. The molecule has 1 fully saturated rings. The molecule has 0 aliphatic carbocycles. The Labute approximate surface area is 167 Å². The van der Waals surface area contributed by atoms with Crippen molar-refractivity contribution in [1.29, 1.82) is 0 Å². The third-order valence-corrected chi connectivity index (χ3v) is 5.53. The molecule has 0 unspecified atom stereocenters. The average Bonchev–Trinajstić information content (AvgIpc) is 3.02. The molecule has 28 heavy (non-hydrogen) atoms. The molecule has 0 bridgehead atoms. The fraction of sp³-hybridized carbons (Fsp3) is 0.350. The molecule has 1 saturated heterocycles. The Kier molecular flexibility index (Phi) is 4.92.